The molecule has 7 heteroatoms. The number of halogens is 1. The lowest BCUT2D eigenvalue weighted by Crippen LogP contribution is -2.48. The Balaban J connectivity index is 0.00000240. The molecule has 2 aromatic rings. The van der Waals surface area contributed by atoms with Gasteiger partial charge in [0.25, 0.3) is 0 Å². The number of aliphatic imine (C=N–C) groups is 1. The number of aryl methyl sites for hydroxylation is 2. The average molecular weight is 508 g/mol. The number of nitrogens with one attached hydrogen (secondary N) is 2. The van der Waals surface area contributed by atoms with Gasteiger partial charge in [-0.2, -0.15) is 5.10 Å². The fourth-order valence-corrected chi connectivity index (χ4v) is 4.61. The Kier molecular flexibility index (Phi) is 7.91. The molecule has 1 fully saturated rings. The van der Waals surface area contributed by atoms with Crippen LogP contribution in [0.4, 0.5) is 0 Å². The molecule has 1 atom stereocenters. The highest BCUT2D eigenvalue weighted by Crippen LogP contribution is 2.35. The van der Waals surface area contributed by atoms with Crippen LogP contribution in [0.1, 0.15) is 55.2 Å². The summed E-state index contributed by atoms with van der Waals surface area (Å²) >= 11 is 0. The lowest BCUT2D eigenvalue weighted by molar-refractivity contribution is 0.323. The topological polar surface area (TPSA) is 67.1 Å². The van der Waals surface area contributed by atoms with Crippen molar-refractivity contribution in [3.05, 3.63) is 47.5 Å². The second-order valence-corrected chi connectivity index (χ2v) is 8.22. The Morgan fingerprint density at radius 1 is 1.14 bits per heavy atom. The summed E-state index contributed by atoms with van der Waals surface area (Å²) in [6.07, 6.45) is 7.20. The standard InChI is InChI=1S/C22H32N6.HI/c1-16-25-21-13-12-20(15-28(21)27-16)26-22(23-2)24-14-17-8-10-19(11-9-17)18-6-4-3-5-7-18;/h3-7,17,19-20H,8-15H2,1-2H3,(H2,23,24,26);1H. The highest BCUT2D eigenvalue weighted by Gasteiger charge is 2.24. The van der Waals surface area contributed by atoms with Crippen LogP contribution in [0.5, 0.6) is 0 Å². The smallest absolute Gasteiger partial charge is 0.191 e. The van der Waals surface area contributed by atoms with Gasteiger partial charge in [-0.15, -0.1) is 24.0 Å². The molecular formula is C22H33IN6. The van der Waals surface area contributed by atoms with E-state index in [1.165, 1.54) is 31.2 Å². The highest BCUT2D eigenvalue weighted by atomic mass is 127. The largest absolute Gasteiger partial charge is 0.356 e. The van der Waals surface area contributed by atoms with Gasteiger partial charge in [-0.3, -0.25) is 4.99 Å². The highest BCUT2D eigenvalue weighted by molar-refractivity contribution is 14.0. The van der Waals surface area contributed by atoms with Gasteiger partial charge in [0, 0.05) is 26.1 Å². The Bertz CT molecular complexity index is 795. The SMILES string of the molecule is CN=C(NCC1CCC(c2ccccc2)CC1)NC1CCc2nc(C)nn2C1.I. The molecule has 1 aliphatic carbocycles. The van der Waals surface area contributed by atoms with E-state index >= 15 is 0 Å². The number of guanidine groups is 1. The Morgan fingerprint density at radius 3 is 2.62 bits per heavy atom. The molecule has 0 amide bonds. The number of hydrogen-bond acceptors (Lipinski definition) is 3. The molecule has 4 rings (SSSR count). The summed E-state index contributed by atoms with van der Waals surface area (Å²) < 4.78 is 2.04. The van der Waals surface area contributed by atoms with Crippen molar-refractivity contribution < 1.29 is 0 Å². The van der Waals surface area contributed by atoms with Crippen LogP contribution in [-0.4, -0.2) is 40.4 Å². The van der Waals surface area contributed by atoms with E-state index in [0.717, 1.165) is 55.4 Å². The Labute approximate surface area is 191 Å². The summed E-state index contributed by atoms with van der Waals surface area (Å²) in [5, 5.41) is 11.6. The maximum absolute atomic E-state index is 4.49. The van der Waals surface area contributed by atoms with Crippen molar-refractivity contribution >= 4 is 29.9 Å². The summed E-state index contributed by atoms with van der Waals surface area (Å²) in [6.45, 7) is 3.82. The normalized spacial score (nSPS) is 24.3. The molecule has 2 aliphatic rings. The van der Waals surface area contributed by atoms with Crippen molar-refractivity contribution in [3.63, 3.8) is 0 Å². The van der Waals surface area contributed by atoms with E-state index in [1.807, 2.05) is 18.7 Å². The monoisotopic (exact) mass is 508 g/mol. The molecule has 1 aromatic heterocycles. The van der Waals surface area contributed by atoms with Crippen molar-refractivity contribution in [1.82, 2.24) is 25.4 Å². The zero-order chi connectivity index (χ0) is 19.3. The molecule has 0 radical (unpaired) electrons. The molecule has 6 nitrogen and oxygen atoms in total. The first kappa shape index (κ1) is 22.1. The van der Waals surface area contributed by atoms with Crippen molar-refractivity contribution in [2.24, 2.45) is 10.9 Å². The molecule has 0 spiro atoms. The number of benzene rings is 1. The van der Waals surface area contributed by atoms with E-state index in [0.29, 0.717) is 6.04 Å². The number of nitrogens with zero attached hydrogens (tertiary/aromatic N) is 4. The number of fused-ring (bicyclic) bond motifs is 1. The third-order valence-electron chi connectivity index (χ3n) is 6.20. The van der Waals surface area contributed by atoms with Gasteiger partial charge in [-0.05, 0) is 56.4 Å². The summed E-state index contributed by atoms with van der Waals surface area (Å²) in [5.74, 6) is 4.35. The van der Waals surface area contributed by atoms with Crippen LogP contribution in [0.2, 0.25) is 0 Å². The van der Waals surface area contributed by atoms with Crippen LogP contribution in [0, 0.1) is 12.8 Å². The van der Waals surface area contributed by atoms with Gasteiger partial charge in [0.2, 0.25) is 0 Å². The van der Waals surface area contributed by atoms with Crippen LogP contribution >= 0.6 is 24.0 Å². The molecule has 29 heavy (non-hydrogen) atoms. The van der Waals surface area contributed by atoms with E-state index in [1.54, 1.807) is 0 Å². The number of hydrogen-bond donors (Lipinski definition) is 2. The van der Waals surface area contributed by atoms with Gasteiger partial charge in [0.1, 0.15) is 11.6 Å². The molecule has 1 aromatic carbocycles. The minimum atomic E-state index is 0. The first-order valence-electron chi connectivity index (χ1n) is 10.6. The van der Waals surface area contributed by atoms with Crippen molar-refractivity contribution in [2.75, 3.05) is 13.6 Å². The molecule has 1 aliphatic heterocycles. The van der Waals surface area contributed by atoms with Gasteiger partial charge in [0.15, 0.2) is 5.96 Å². The molecular weight excluding hydrogens is 475 g/mol. The second kappa shape index (κ2) is 10.4. The lowest BCUT2D eigenvalue weighted by atomic mass is 9.79. The maximum atomic E-state index is 4.49. The van der Waals surface area contributed by atoms with Crippen LogP contribution in [0.25, 0.3) is 0 Å². The zero-order valence-electron chi connectivity index (χ0n) is 17.5. The first-order chi connectivity index (χ1) is 13.7. The predicted molar refractivity (Wildman–Crippen MR) is 128 cm³/mol. The fraction of sp³-hybridized carbons (Fsp3) is 0.591. The third-order valence-corrected chi connectivity index (χ3v) is 6.20. The van der Waals surface area contributed by atoms with Gasteiger partial charge < -0.3 is 10.6 Å². The zero-order valence-corrected chi connectivity index (χ0v) is 19.8. The quantitative estimate of drug-likeness (QED) is 0.376. The average Bonchev–Trinajstić information content (AvgIpc) is 3.11. The Hall–Kier alpha value is -1.64. The van der Waals surface area contributed by atoms with Gasteiger partial charge in [-0.1, -0.05) is 30.3 Å². The predicted octanol–water partition coefficient (Wildman–Crippen LogP) is 3.66. The lowest BCUT2D eigenvalue weighted by Gasteiger charge is -2.30. The van der Waals surface area contributed by atoms with Crippen molar-refractivity contribution in [1.29, 1.82) is 0 Å². The van der Waals surface area contributed by atoms with Crippen LogP contribution in [0.15, 0.2) is 35.3 Å². The molecule has 1 saturated carbocycles. The molecule has 2 N–H and O–H groups in total. The van der Waals surface area contributed by atoms with E-state index < -0.39 is 0 Å². The third kappa shape index (κ3) is 5.71. The van der Waals surface area contributed by atoms with Crippen LogP contribution < -0.4 is 10.6 Å². The molecule has 158 valence electrons. The number of rotatable bonds is 4. The summed E-state index contributed by atoms with van der Waals surface area (Å²) in [4.78, 5) is 8.93. The molecule has 2 heterocycles. The van der Waals surface area contributed by atoms with E-state index in [-0.39, 0.29) is 24.0 Å². The van der Waals surface area contributed by atoms with Crippen molar-refractivity contribution in [2.45, 2.75) is 64.0 Å². The minimum absolute atomic E-state index is 0. The van der Waals surface area contributed by atoms with E-state index in [9.17, 15) is 0 Å². The minimum Gasteiger partial charge on any atom is -0.356 e. The summed E-state index contributed by atoms with van der Waals surface area (Å²) in [6, 6.07) is 11.3. The Morgan fingerprint density at radius 2 is 1.90 bits per heavy atom. The van der Waals surface area contributed by atoms with E-state index in [4.69, 9.17) is 0 Å². The van der Waals surface area contributed by atoms with Crippen LogP contribution in [-0.2, 0) is 13.0 Å². The van der Waals surface area contributed by atoms with Gasteiger partial charge in [-0.25, -0.2) is 9.67 Å². The molecule has 0 bridgehead atoms. The summed E-state index contributed by atoms with van der Waals surface area (Å²) in [7, 11) is 1.86. The van der Waals surface area contributed by atoms with Gasteiger partial charge >= 0.3 is 0 Å². The van der Waals surface area contributed by atoms with E-state index in [2.05, 4.69) is 56.0 Å². The second-order valence-electron chi connectivity index (χ2n) is 8.22. The number of aromatic nitrogens is 3. The first-order valence-corrected chi connectivity index (χ1v) is 10.6. The van der Waals surface area contributed by atoms with Gasteiger partial charge in [0.05, 0.1) is 6.54 Å². The van der Waals surface area contributed by atoms with Crippen LogP contribution in [0.3, 0.4) is 0 Å². The molecule has 0 saturated heterocycles. The summed E-state index contributed by atoms with van der Waals surface area (Å²) in [5.41, 5.74) is 1.51. The molecule has 1 unspecified atom stereocenters. The fourth-order valence-electron chi connectivity index (χ4n) is 4.61. The maximum Gasteiger partial charge on any atom is 0.191 e. The van der Waals surface area contributed by atoms with Crippen molar-refractivity contribution in [3.8, 4) is 0 Å².